The summed E-state index contributed by atoms with van der Waals surface area (Å²) >= 11 is 0. The second-order valence-electron chi connectivity index (χ2n) is 6.79. The molecule has 0 aliphatic heterocycles. The van der Waals surface area contributed by atoms with E-state index in [9.17, 15) is 32.9 Å². The Hall–Kier alpha value is -3.47. The highest BCUT2D eigenvalue weighted by Crippen LogP contribution is 2.22. The number of carbonyl (C=O) groups excluding carboxylic acids is 2. The van der Waals surface area contributed by atoms with Crippen LogP contribution in [0.4, 0.5) is 30.2 Å². The minimum Gasteiger partial charge on any atom is -0.324 e. The van der Waals surface area contributed by atoms with Crippen LogP contribution in [0, 0.1) is 34.5 Å². The molecular formula is C20H21F3N4O4. The predicted octanol–water partition coefficient (Wildman–Crippen LogP) is 3.61. The van der Waals surface area contributed by atoms with Gasteiger partial charge in [0.15, 0.2) is 17.5 Å². The van der Waals surface area contributed by atoms with Gasteiger partial charge in [0.25, 0.3) is 5.69 Å². The van der Waals surface area contributed by atoms with E-state index in [0.29, 0.717) is 24.6 Å². The molecule has 0 atom stereocenters. The van der Waals surface area contributed by atoms with E-state index in [4.69, 9.17) is 0 Å². The van der Waals surface area contributed by atoms with Gasteiger partial charge in [-0.25, -0.2) is 13.2 Å². The van der Waals surface area contributed by atoms with Gasteiger partial charge in [-0.05, 0) is 37.6 Å². The largest absolute Gasteiger partial charge is 0.324 e. The van der Waals surface area contributed by atoms with Crippen molar-refractivity contribution in [3.63, 3.8) is 0 Å². The first-order valence-electron chi connectivity index (χ1n) is 9.33. The molecule has 31 heavy (non-hydrogen) atoms. The number of nitrogens with one attached hydrogen (secondary N) is 2. The number of hydrogen-bond donors (Lipinski definition) is 2. The highest BCUT2D eigenvalue weighted by Gasteiger charge is 2.19. The number of aryl methyl sites for hydroxylation is 1. The highest BCUT2D eigenvalue weighted by atomic mass is 19.2. The van der Waals surface area contributed by atoms with Crippen LogP contribution >= 0.6 is 0 Å². The van der Waals surface area contributed by atoms with Gasteiger partial charge in [0, 0.05) is 12.1 Å². The van der Waals surface area contributed by atoms with Gasteiger partial charge in [0.05, 0.1) is 29.4 Å². The number of amides is 2. The van der Waals surface area contributed by atoms with Crippen molar-refractivity contribution < 1.29 is 27.7 Å². The van der Waals surface area contributed by atoms with Gasteiger partial charge in [-0.3, -0.25) is 24.6 Å². The molecule has 2 aromatic carbocycles. The standard InChI is InChI=1S/C20H21F3N4O4/c1-3-8-26(10-17(28)24-15-7-6-14(21)19(22)20(15)23)11-18(29)25-16-9-13(27(30)31)5-4-12(16)2/h4-7,9H,3,8,10-11H2,1-2H3,(H,24,28)(H,25,29). The molecule has 0 unspecified atom stereocenters. The van der Waals surface area contributed by atoms with Crippen molar-refractivity contribution in [1.82, 2.24) is 4.90 Å². The lowest BCUT2D eigenvalue weighted by Crippen LogP contribution is -2.39. The number of anilines is 2. The monoisotopic (exact) mass is 438 g/mol. The molecule has 11 heteroatoms. The first-order chi connectivity index (χ1) is 14.6. The maximum absolute atomic E-state index is 13.7. The van der Waals surface area contributed by atoms with Crippen LogP contribution in [-0.2, 0) is 9.59 Å². The molecule has 0 radical (unpaired) electrons. The quantitative estimate of drug-likeness (QED) is 0.354. The minimum absolute atomic E-state index is 0.181. The molecule has 2 rings (SSSR count). The maximum Gasteiger partial charge on any atom is 0.271 e. The summed E-state index contributed by atoms with van der Waals surface area (Å²) in [7, 11) is 0. The Labute approximate surface area is 176 Å². The van der Waals surface area contributed by atoms with E-state index in [-0.39, 0.29) is 24.5 Å². The number of halogens is 3. The molecule has 0 spiro atoms. The zero-order chi connectivity index (χ0) is 23.1. The third kappa shape index (κ3) is 6.51. The minimum atomic E-state index is -1.70. The first-order valence-corrected chi connectivity index (χ1v) is 9.33. The Morgan fingerprint density at radius 1 is 1.00 bits per heavy atom. The Bertz CT molecular complexity index is 1000. The lowest BCUT2D eigenvalue weighted by atomic mass is 10.2. The molecule has 0 heterocycles. The highest BCUT2D eigenvalue weighted by molar-refractivity contribution is 5.95. The van der Waals surface area contributed by atoms with Crippen molar-refractivity contribution in [2.24, 2.45) is 0 Å². The molecule has 8 nitrogen and oxygen atoms in total. The Morgan fingerprint density at radius 3 is 2.19 bits per heavy atom. The van der Waals surface area contributed by atoms with E-state index in [2.05, 4.69) is 10.6 Å². The molecule has 0 aliphatic carbocycles. The molecule has 0 bridgehead atoms. The van der Waals surface area contributed by atoms with E-state index in [0.717, 1.165) is 6.07 Å². The van der Waals surface area contributed by atoms with Crippen LogP contribution in [0.1, 0.15) is 18.9 Å². The van der Waals surface area contributed by atoms with Gasteiger partial charge >= 0.3 is 0 Å². The van der Waals surface area contributed by atoms with Gasteiger partial charge in [-0.1, -0.05) is 13.0 Å². The summed E-state index contributed by atoms with van der Waals surface area (Å²) in [5.74, 6) is -5.83. The number of nitro groups is 1. The summed E-state index contributed by atoms with van der Waals surface area (Å²) in [6.07, 6.45) is 0.593. The Morgan fingerprint density at radius 2 is 1.61 bits per heavy atom. The van der Waals surface area contributed by atoms with Gasteiger partial charge in [0.2, 0.25) is 11.8 Å². The van der Waals surface area contributed by atoms with Gasteiger partial charge in [-0.2, -0.15) is 0 Å². The number of nitro benzene ring substituents is 1. The van der Waals surface area contributed by atoms with Crippen molar-refractivity contribution >= 4 is 28.9 Å². The molecule has 2 aromatic rings. The van der Waals surface area contributed by atoms with Crippen molar-refractivity contribution in [1.29, 1.82) is 0 Å². The van der Waals surface area contributed by atoms with E-state index in [1.807, 2.05) is 6.92 Å². The van der Waals surface area contributed by atoms with E-state index >= 15 is 0 Å². The van der Waals surface area contributed by atoms with Crippen LogP contribution in [0.2, 0.25) is 0 Å². The third-order valence-electron chi connectivity index (χ3n) is 4.29. The molecule has 0 saturated heterocycles. The van der Waals surface area contributed by atoms with Crippen LogP contribution in [0.25, 0.3) is 0 Å². The van der Waals surface area contributed by atoms with Crippen molar-refractivity contribution in [3.05, 3.63) is 63.5 Å². The summed E-state index contributed by atoms with van der Waals surface area (Å²) in [6.45, 7) is 3.31. The van der Waals surface area contributed by atoms with Crippen LogP contribution in [0.5, 0.6) is 0 Å². The number of nitrogens with zero attached hydrogens (tertiary/aromatic N) is 2. The summed E-state index contributed by atoms with van der Waals surface area (Å²) in [5.41, 5.74) is 0.188. The topological polar surface area (TPSA) is 105 Å². The molecule has 0 aromatic heterocycles. The van der Waals surface area contributed by atoms with Gasteiger partial charge < -0.3 is 10.6 Å². The molecule has 0 aliphatic rings. The maximum atomic E-state index is 13.7. The number of hydrogen-bond acceptors (Lipinski definition) is 5. The summed E-state index contributed by atoms with van der Waals surface area (Å²) in [4.78, 5) is 36.4. The second kappa shape index (κ2) is 10.5. The summed E-state index contributed by atoms with van der Waals surface area (Å²) in [6, 6.07) is 5.63. The van der Waals surface area contributed by atoms with Crippen molar-refractivity contribution in [3.8, 4) is 0 Å². The fourth-order valence-corrected chi connectivity index (χ4v) is 2.80. The van der Waals surface area contributed by atoms with E-state index in [1.165, 1.54) is 23.1 Å². The summed E-state index contributed by atoms with van der Waals surface area (Å²) in [5, 5.41) is 15.6. The Kier molecular flexibility index (Phi) is 8.08. The van der Waals surface area contributed by atoms with Crippen LogP contribution in [0.15, 0.2) is 30.3 Å². The number of carbonyl (C=O) groups is 2. The average Bonchev–Trinajstić information content (AvgIpc) is 2.70. The number of benzene rings is 2. The van der Waals surface area contributed by atoms with Crippen molar-refractivity contribution in [2.75, 3.05) is 30.3 Å². The molecule has 2 N–H and O–H groups in total. The van der Waals surface area contributed by atoms with Crippen molar-refractivity contribution in [2.45, 2.75) is 20.3 Å². The molecule has 2 amide bonds. The van der Waals surface area contributed by atoms with Gasteiger partial charge in [-0.15, -0.1) is 0 Å². The molecule has 166 valence electrons. The SMILES string of the molecule is CCCN(CC(=O)Nc1cc([N+](=O)[O-])ccc1C)CC(=O)Nc1ccc(F)c(F)c1F. The van der Waals surface area contributed by atoms with Crippen LogP contribution < -0.4 is 10.6 Å². The zero-order valence-electron chi connectivity index (χ0n) is 16.9. The summed E-state index contributed by atoms with van der Waals surface area (Å²) < 4.78 is 40.1. The number of rotatable bonds is 9. The van der Waals surface area contributed by atoms with Crippen LogP contribution in [0.3, 0.4) is 0 Å². The molecule has 0 saturated carbocycles. The van der Waals surface area contributed by atoms with Gasteiger partial charge in [0.1, 0.15) is 0 Å². The predicted molar refractivity (Wildman–Crippen MR) is 108 cm³/mol. The first kappa shape index (κ1) is 23.8. The normalized spacial score (nSPS) is 10.8. The molecule has 0 fully saturated rings. The lowest BCUT2D eigenvalue weighted by Gasteiger charge is -2.21. The Balaban J connectivity index is 2.03. The number of non-ortho nitro benzene ring substituents is 1. The third-order valence-corrected chi connectivity index (χ3v) is 4.29. The smallest absolute Gasteiger partial charge is 0.271 e. The fraction of sp³-hybridized carbons (Fsp3) is 0.300. The fourth-order valence-electron chi connectivity index (χ4n) is 2.80. The average molecular weight is 438 g/mol. The molecular weight excluding hydrogens is 417 g/mol. The van der Waals surface area contributed by atoms with Crippen LogP contribution in [-0.4, -0.2) is 41.3 Å². The zero-order valence-corrected chi connectivity index (χ0v) is 16.9. The van der Waals surface area contributed by atoms with E-state index in [1.54, 1.807) is 6.92 Å². The lowest BCUT2D eigenvalue weighted by molar-refractivity contribution is -0.384. The second-order valence-corrected chi connectivity index (χ2v) is 6.79. The van der Waals surface area contributed by atoms with E-state index < -0.39 is 39.9 Å².